The predicted molar refractivity (Wildman–Crippen MR) is 117 cm³/mol. The van der Waals surface area contributed by atoms with E-state index in [1.165, 1.54) is 31.4 Å². The molecule has 160 valence electrons. The van der Waals surface area contributed by atoms with E-state index in [0.29, 0.717) is 12.1 Å². The van der Waals surface area contributed by atoms with Gasteiger partial charge in [-0.25, -0.2) is 4.39 Å². The van der Waals surface area contributed by atoms with Gasteiger partial charge in [-0.15, -0.1) is 0 Å². The number of carbonyl (C=O) groups excluding carboxylic acids is 1. The number of nitriles is 1. The van der Waals surface area contributed by atoms with E-state index in [2.05, 4.69) is 16.4 Å². The van der Waals surface area contributed by atoms with E-state index in [-0.39, 0.29) is 17.2 Å². The van der Waals surface area contributed by atoms with Crippen molar-refractivity contribution in [2.45, 2.75) is 25.7 Å². The molecule has 8 heteroatoms. The first-order valence-corrected chi connectivity index (χ1v) is 10.1. The molecule has 1 aliphatic rings. The third-order valence-corrected chi connectivity index (χ3v) is 5.08. The largest absolute Gasteiger partial charge is 0.382 e. The summed E-state index contributed by atoms with van der Waals surface area (Å²) in [7, 11) is 0. The average molecular weight is 420 g/mol. The number of anilines is 1. The van der Waals surface area contributed by atoms with Crippen LogP contribution in [0.15, 0.2) is 48.5 Å². The molecular weight excluding hydrogens is 395 g/mol. The third kappa shape index (κ3) is 5.82. The zero-order valence-electron chi connectivity index (χ0n) is 17.1. The van der Waals surface area contributed by atoms with Crippen LogP contribution in [0.5, 0.6) is 0 Å². The first-order chi connectivity index (χ1) is 15.0. The highest BCUT2D eigenvalue weighted by molar-refractivity contribution is 6.03. The molecule has 2 aromatic carbocycles. The van der Waals surface area contributed by atoms with Crippen molar-refractivity contribution in [3.8, 4) is 17.5 Å². The summed E-state index contributed by atoms with van der Waals surface area (Å²) in [5, 5.41) is 14.9. The number of piperidine rings is 1. The summed E-state index contributed by atoms with van der Waals surface area (Å²) in [5.41, 5.74) is 14.3. The standard InChI is InChI=1S/C17H15FN4O.C6H10N2/c18-13-3-1-2-11(9-13)8-10-4-6-12(7-5-10)15-14(17(20)23)16(19)22-21-15;7-6-8-4-2-1-3-5-8/h1-7,9H,8H2,(H2,20,23)(H3,19,21,22);1-5H2. The second kappa shape index (κ2) is 10.3. The Morgan fingerprint density at radius 2 is 1.84 bits per heavy atom. The summed E-state index contributed by atoms with van der Waals surface area (Å²) in [6.07, 6.45) is 6.46. The number of benzene rings is 2. The number of primary amides is 1. The molecule has 0 saturated carbocycles. The van der Waals surface area contributed by atoms with Gasteiger partial charge in [0.05, 0.1) is 5.69 Å². The van der Waals surface area contributed by atoms with E-state index in [9.17, 15) is 9.18 Å². The van der Waals surface area contributed by atoms with Crippen molar-refractivity contribution in [1.82, 2.24) is 15.1 Å². The lowest BCUT2D eigenvalue weighted by atomic mass is 10.0. The number of halogens is 1. The van der Waals surface area contributed by atoms with Crippen LogP contribution < -0.4 is 11.5 Å². The first kappa shape index (κ1) is 21.8. The second-order valence-electron chi connectivity index (χ2n) is 7.37. The molecule has 0 radical (unpaired) electrons. The minimum Gasteiger partial charge on any atom is -0.382 e. The summed E-state index contributed by atoms with van der Waals surface area (Å²) in [5.74, 6) is -0.801. The van der Waals surface area contributed by atoms with Crippen molar-refractivity contribution in [3.63, 3.8) is 0 Å². The van der Waals surface area contributed by atoms with Crippen LogP contribution in [0.2, 0.25) is 0 Å². The number of H-pyrrole nitrogens is 1. The predicted octanol–water partition coefficient (Wildman–Crippen LogP) is 3.44. The van der Waals surface area contributed by atoms with Crippen LogP contribution in [0.25, 0.3) is 11.3 Å². The van der Waals surface area contributed by atoms with Crippen LogP contribution in [0.1, 0.15) is 40.7 Å². The monoisotopic (exact) mass is 420 g/mol. The van der Waals surface area contributed by atoms with Crippen molar-refractivity contribution in [1.29, 1.82) is 5.26 Å². The van der Waals surface area contributed by atoms with Gasteiger partial charge < -0.3 is 16.4 Å². The fourth-order valence-corrected chi connectivity index (χ4v) is 3.48. The quantitative estimate of drug-likeness (QED) is 0.558. The lowest BCUT2D eigenvalue weighted by Crippen LogP contribution is -2.24. The molecule has 5 N–H and O–H groups in total. The number of nitrogen functional groups attached to an aromatic ring is 1. The molecule has 4 rings (SSSR count). The summed E-state index contributed by atoms with van der Waals surface area (Å²) in [6.45, 7) is 1.97. The topological polar surface area (TPSA) is 125 Å². The third-order valence-electron chi connectivity index (χ3n) is 5.08. The number of likely N-dealkylation sites (tertiary alicyclic amines) is 1. The highest BCUT2D eigenvalue weighted by Gasteiger charge is 2.17. The molecule has 31 heavy (non-hydrogen) atoms. The lowest BCUT2D eigenvalue weighted by molar-refractivity contribution is 0.100. The minimum absolute atomic E-state index is 0.0799. The molecule has 3 aromatic rings. The molecule has 1 amide bonds. The number of aromatic nitrogens is 2. The van der Waals surface area contributed by atoms with Crippen LogP contribution in [0.3, 0.4) is 0 Å². The van der Waals surface area contributed by atoms with Gasteiger partial charge in [0.25, 0.3) is 5.91 Å². The molecule has 1 saturated heterocycles. The fourth-order valence-electron chi connectivity index (χ4n) is 3.48. The van der Waals surface area contributed by atoms with Gasteiger partial charge in [-0.2, -0.15) is 10.4 Å². The van der Waals surface area contributed by atoms with Gasteiger partial charge in [0.15, 0.2) is 12.0 Å². The molecule has 1 fully saturated rings. The van der Waals surface area contributed by atoms with Crippen LogP contribution in [-0.4, -0.2) is 34.1 Å². The highest BCUT2D eigenvalue weighted by Crippen LogP contribution is 2.25. The summed E-state index contributed by atoms with van der Waals surface area (Å²) in [6, 6.07) is 14.0. The maximum atomic E-state index is 13.2. The van der Waals surface area contributed by atoms with Crippen LogP contribution in [0.4, 0.5) is 10.2 Å². The van der Waals surface area contributed by atoms with Crippen molar-refractivity contribution < 1.29 is 9.18 Å². The zero-order valence-corrected chi connectivity index (χ0v) is 17.1. The Bertz CT molecular complexity index is 1060. The van der Waals surface area contributed by atoms with Crippen LogP contribution >= 0.6 is 0 Å². The number of hydrogen-bond acceptors (Lipinski definition) is 5. The number of rotatable bonds is 4. The summed E-state index contributed by atoms with van der Waals surface area (Å²) >= 11 is 0. The molecule has 1 aromatic heterocycles. The van der Waals surface area contributed by atoms with E-state index >= 15 is 0 Å². The molecule has 2 heterocycles. The molecule has 0 atom stereocenters. The summed E-state index contributed by atoms with van der Waals surface area (Å²) < 4.78 is 13.2. The average Bonchev–Trinajstić information content (AvgIpc) is 3.17. The van der Waals surface area contributed by atoms with Gasteiger partial charge in [-0.1, -0.05) is 36.4 Å². The minimum atomic E-state index is -0.630. The second-order valence-corrected chi connectivity index (χ2v) is 7.37. The van der Waals surface area contributed by atoms with E-state index in [1.807, 2.05) is 35.2 Å². The highest BCUT2D eigenvalue weighted by atomic mass is 19.1. The van der Waals surface area contributed by atoms with Gasteiger partial charge in [-0.05, 0) is 48.9 Å². The molecule has 0 spiro atoms. The molecule has 7 nitrogen and oxygen atoms in total. The SMILES string of the molecule is N#CN1CCCCC1.NC(=O)c1c(N)n[nH]c1-c1ccc(Cc2cccc(F)c2)cc1. The number of nitrogens with zero attached hydrogens (tertiary/aromatic N) is 3. The van der Waals surface area contributed by atoms with E-state index in [0.717, 1.165) is 29.8 Å². The summed E-state index contributed by atoms with van der Waals surface area (Å²) in [4.78, 5) is 13.3. The zero-order chi connectivity index (χ0) is 22.2. The van der Waals surface area contributed by atoms with Gasteiger partial charge in [-0.3, -0.25) is 9.89 Å². The van der Waals surface area contributed by atoms with Gasteiger partial charge >= 0.3 is 0 Å². The maximum Gasteiger partial charge on any atom is 0.254 e. The Morgan fingerprint density at radius 3 is 2.42 bits per heavy atom. The number of nitrogens with two attached hydrogens (primary N) is 2. The Labute approximate surface area is 180 Å². The number of nitrogens with one attached hydrogen (secondary N) is 1. The van der Waals surface area contributed by atoms with Crippen molar-refractivity contribution in [3.05, 3.63) is 71.0 Å². The molecule has 1 aliphatic heterocycles. The molecule has 0 unspecified atom stereocenters. The Kier molecular flexibility index (Phi) is 7.22. The van der Waals surface area contributed by atoms with E-state index in [4.69, 9.17) is 16.7 Å². The molecular formula is C23H25FN6O. The molecule has 0 bridgehead atoms. The maximum absolute atomic E-state index is 13.2. The van der Waals surface area contributed by atoms with Gasteiger partial charge in [0.2, 0.25) is 0 Å². The fraction of sp³-hybridized carbons (Fsp3) is 0.261. The Hall–Kier alpha value is -3.86. The van der Waals surface area contributed by atoms with E-state index in [1.54, 1.807) is 6.07 Å². The normalized spacial score (nSPS) is 13.1. The number of aromatic amines is 1. The Morgan fingerprint density at radius 1 is 1.13 bits per heavy atom. The van der Waals surface area contributed by atoms with Crippen LogP contribution in [-0.2, 0) is 6.42 Å². The Balaban J connectivity index is 0.000000287. The number of carbonyl (C=O) groups is 1. The lowest BCUT2D eigenvalue weighted by Gasteiger charge is -2.19. The molecule has 0 aliphatic carbocycles. The van der Waals surface area contributed by atoms with E-state index < -0.39 is 5.91 Å². The number of hydrogen-bond donors (Lipinski definition) is 3. The van der Waals surface area contributed by atoms with Gasteiger partial charge in [0, 0.05) is 18.7 Å². The van der Waals surface area contributed by atoms with Crippen LogP contribution in [0, 0.1) is 17.3 Å². The first-order valence-electron chi connectivity index (χ1n) is 10.1. The van der Waals surface area contributed by atoms with Crippen molar-refractivity contribution >= 4 is 11.7 Å². The van der Waals surface area contributed by atoms with Crippen molar-refractivity contribution in [2.75, 3.05) is 18.8 Å². The van der Waals surface area contributed by atoms with Crippen molar-refractivity contribution in [2.24, 2.45) is 5.73 Å². The smallest absolute Gasteiger partial charge is 0.254 e. The number of amides is 1. The van der Waals surface area contributed by atoms with Gasteiger partial charge in [0.1, 0.15) is 11.4 Å².